The van der Waals surface area contributed by atoms with Crippen LogP contribution in [0.25, 0.3) is 6.08 Å². The predicted octanol–water partition coefficient (Wildman–Crippen LogP) is 6.34. The molecule has 0 bridgehead atoms. The molecule has 0 aliphatic heterocycles. The molecule has 0 aliphatic carbocycles. The van der Waals surface area contributed by atoms with Gasteiger partial charge in [0.1, 0.15) is 0 Å². The maximum Gasteiger partial charge on any atom is 0.159 e. The van der Waals surface area contributed by atoms with Gasteiger partial charge < -0.3 is 0 Å². The zero-order valence-electron chi connectivity index (χ0n) is 13.7. The van der Waals surface area contributed by atoms with Crippen molar-refractivity contribution in [1.29, 1.82) is 0 Å². The molecule has 122 valence electrons. The van der Waals surface area contributed by atoms with Crippen molar-refractivity contribution in [2.45, 2.75) is 45.4 Å². The van der Waals surface area contributed by atoms with Gasteiger partial charge in [0.25, 0.3) is 0 Å². The average molecular weight is 314 g/mol. The second-order valence-electron chi connectivity index (χ2n) is 5.89. The summed E-state index contributed by atoms with van der Waals surface area (Å²) in [5, 5.41) is 0. The number of aryl methyl sites for hydroxylation is 2. The van der Waals surface area contributed by atoms with Gasteiger partial charge in [-0.3, -0.25) is 0 Å². The minimum Gasteiger partial charge on any atom is -0.204 e. The zero-order chi connectivity index (χ0) is 16.5. The SMILES string of the molecule is CCCC=Cc1ccc(CCCCc2ccc(F)c(F)c2)cc1. The molecule has 0 N–H and O–H groups in total. The van der Waals surface area contributed by atoms with Gasteiger partial charge in [-0.15, -0.1) is 0 Å². The third kappa shape index (κ3) is 5.97. The van der Waals surface area contributed by atoms with Crippen LogP contribution in [0, 0.1) is 11.6 Å². The second-order valence-corrected chi connectivity index (χ2v) is 5.89. The molecule has 2 aromatic rings. The van der Waals surface area contributed by atoms with Crippen molar-refractivity contribution in [3.05, 3.63) is 76.9 Å². The summed E-state index contributed by atoms with van der Waals surface area (Å²) >= 11 is 0. The van der Waals surface area contributed by atoms with Crippen molar-refractivity contribution < 1.29 is 8.78 Å². The van der Waals surface area contributed by atoms with Gasteiger partial charge in [-0.2, -0.15) is 0 Å². The molecule has 0 amide bonds. The highest BCUT2D eigenvalue weighted by atomic mass is 19.2. The van der Waals surface area contributed by atoms with Gasteiger partial charge in [0.15, 0.2) is 11.6 Å². The van der Waals surface area contributed by atoms with Crippen molar-refractivity contribution >= 4 is 6.08 Å². The summed E-state index contributed by atoms with van der Waals surface area (Å²) in [7, 11) is 0. The molecule has 0 aromatic heterocycles. The molecule has 23 heavy (non-hydrogen) atoms. The molecule has 0 heterocycles. The van der Waals surface area contributed by atoms with Crippen molar-refractivity contribution in [3.8, 4) is 0 Å². The van der Waals surface area contributed by atoms with E-state index in [1.165, 1.54) is 29.7 Å². The Balaban J connectivity index is 1.74. The minimum absolute atomic E-state index is 0.755. The van der Waals surface area contributed by atoms with Gasteiger partial charge in [-0.05, 0) is 60.9 Å². The lowest BCUT2D eigenvalue weighted by atomic mass is 10.0. The summed E-state index contributed by atoms with van der Waals surface area (Å²) in [6.45, 7) is 2.17. The average Bonchev–Trinajstić information content (AvgIpc) is 2.56. The molecule has 0 saturated heterocycles. The molecule has 2 aromatic carbocycles. The summed E-state index contributed by atoms with van der Waals surface area (Å²) in [6, 6.07) is 12.8. The third-order valence-electron chi connectivity index (χ3n) is 3.91. The lowest BCUT2D eigenvalue weighted by Crippen LogP contribution is -1.92. The molecular weight excluding hydrogens is 290 g/mol. The normalized spacial score (nSPS) is 11.3. The highest BCUT2D eigenvalue weighted by Gasteiger charge is 2.02. The van der Waals surface area contributed by atoms with Crippen molar-refractivity contribution in [3.63, 3.8) is 0 Å². The molecule has 0 nitrogen and oxygen atoms in total. The first kappa shape index (κ1) is 17.4. The van der Waals surface area contributed by atoms with E-state index in [0.29, 0.717) is 0 Å². The predicted molar refractivity (Wildman–Crippen MR) is 93.4 cm³/mol. The van der Waals surface area contributed by atoms with Crippen LogP contribution in [0.1, 0.15) is 49.3 Å². The lowest BCUT2D eigenvalue weighted by Gasteiger charge is -2.04. The van der Waals surface area contributed by atoms with Crippen molar-refractivity contribution in [2.24, 2.45) is 0 Å². The summed E-state index contributed by atoms with van der Waals surface area (Å²) in [5.74, 6) is -1.53. The quantitative estimate of drug-likeness (QED) is 0.498. The highest BCUT2D eigenvalue weighted by Crippen LogP contribution is 2.14. The van der Waals surface area contributed by atoms with Crippen LogP contribution in [0.2, 0.25) is 0 Å². The van der Waals surface area contributed by atoms with Crippen LogP contribution in [0.4, 0.5) is 8.78 Å². The van der Waals surface area contributed by atoms with Gasteiger partial charge >= 0.3 is 0 Å². The van der Waals surface area contributed by atoms with Gasteiger partial charge in [0.2, 0.25) is 0 Å². The Morgan fingerprint density at radius 1 is 0.826 bits per heavy atom. The fourth-order valence-corrected chi connectivity index (χ4v) is 2.53. The van der Waals surface area contributed by atoms with Crippen LogP contribution in [-0.4, -0.2) is 0 Å². The van der Waals surface area contributed by atoms with E-state index in [2.05, 4.69) is 43.3 Å². The van der Waals surface area contributed by atoms with E-state index >= 15 is 0 Å². The first-order valence-corrected chi connectivity index (χ1v) is 8.38. The number of hydrogen-bond acceptors (Lipinski definition) is 0. The molecular formula is C21H24F2. The van der Waals surface area contributed by atoms with Crippen LogP contribution < -0.4 is 0 Å². The first-order chi connectivity index (χ1) is 11.2. The maximum atomic E-state index is 13.1. The second kappa shape index (κ2) is 9.24. The zero-order valence-corrected chi connectivity index (χ0v) is 13.7. The van der Waals surface area contributed by atoms with Gasteiger partial charge in [-0.25, -0.2) is 8.78 Å². The Hall–Kier alpha value is -1.96. The van der Waals surface area contributed by atoms with Crippen LogP contribution in [-0.2, 0) is 12.8 Å². The van der Waals surface area contributed by atoms with Crippen LogP contribution in [0.5, 0.6) is 0 Å². The molecule has 0 aliphatic rings. The Labute approximate surface area is 137 Å². The standard InChI is InChI=1S/C21H24F2/c1-2-3-4-7-17-10-12-18(13-11-17)8-5-6-9-19-14-15-20(22)21(23)16-19/h4,7,10-16H,2-3,5-6,8-9H2,1H3. The fraction of sp³-hybridized carbons (Fsp3) is 0.333. The number of rotatable bonds is 8. The van der Waals surface area contributed by atoms with E-state index in [1.807, 2.05) is 0 Å². The Morgan fingerprint density at radius 2 is 1.48 bits per heavy atom. The van der Waals surface area contributed by atoms with Gasteiger partial charge in [0, 0.05) is 0 Å². The van der Waals surface area contributed by atoms with Crippen LogP contribution in [0.15, 0.2) is 48.5 Å². The molecule has 0 saturated carbocycles. The number of unbranched alkanes of at least 4 members (excludes halogenated alkanes) is 2. The van der Waals surface area contributed by atoms with Crippen molar-refractivity contribution in [2.75, 3.05) is 0 Å². The van der Waals surface area contributed by atoms with Gasteiger partial charge in [0.05, 0.1) is 0 Å². The highest BCUT2D eigenvalue weighted by molar-refractivity contribution is 5.49. The molecule has 0 fully saturated rings. The summed E-state index contributed by atoms with van der Waals surface area (Å²) in [5.41, 5.74) is 3.42. The summed E-state index contributed by atoms with van der Waals surface area (Å²) in [4.78, 5) is 0. The Bertz CT molecular complexity index is 627. The van der Waals surface area contributed by atoms with Gasteiger partial charge in [-0.1, -0.05) is 55.8 Å². The summed E-state index contributed by atoms with van der Waals surface area (Å²) < 4.78 is 26.0. The van der Waals surface area contributed by atoms with E-state index in [4.69, 9.17) is 0 Å². The molecule has 2 heteroatoms. The van der Waals surface area contributed by atoms with E-state index in [9.17, 15) is 8.78 Å². The molecule has 0 atom stereocenters. The van der Waals surface area contributed by atoms with E-state index < -0.39 is 11.6 Å². The lowest BCUT2D eigenvalue weighted by molar-refractivity contribution is 0.506. The van der Waals surface area contributed by atoms with Crippen LogP contribution in [0.3, 0.4) is 0 Å². The van der Waals surface area contributed by atoms with Crippen LogP contribution >= 0.6 is 0 Å². The Morgan fingerprint density at radius 3 is 2.13 bits per heavy atom. The molecule has 2 rings (SSSR count). The van der Waals surface area contributed by atoms with E-state index in [1.54, 1.807) is 6.07 Å². The van der Waals surface area contributed by atoms with E-state index in [0.717, 1.165) is 37.7 Å². The maximum absolute atomic E-state index is 13.1. The minimum atomic E-state index is -0.776. The summed E-state index contributed by atoms with van der Waals surface area (Å²) in [6.07, 6.45) is 10.5. The number of hydrogen-bond donors (Lipinski definition) is 0. The largest absolute Gasteiger partial charge is 0.204 e. The fourth-order valence-electron chi connectivity index (χ4n) is 2.53. The van der Waals surface area contributed by atoms with E-state index in [-0.39, 0.29) is 0 Å². The third-order valence-corrected chi connectivity index (χ3v) is 3.91. The van der Waals surface area contributed by atoms with Crippen molar-refractivity contribution in [1.82, 2.24) is 0 Å². The topological polar surface area (TPSA) is 0 Å². The first-order valence-electron chi connectivity index (χ1n) is 8.38. The molecule has 0 unspecified atom stereocenters. The molecule has 0 radical (unpaired) electrons. The number of benzene rings is 2. The molecule has 0 spiro atoms. The Kier molecular flexibility index (Phi) is 6.99. The monoisotopic (exact) mass is 314 g/mol. The smallest absolute Gasteiger partial charge is 0.159 e. The number of allylic oxidation sites excluding steroid dienone is 1. The number of halogens is 2.